The summed E-state index contributed by atoms with van der Waals surface area (Å²) in [5.41, 5.74) is 0. The van der Waals surface area contributed by atoms with E-state index in [-0.39, 0.29) is 7.43 Å². The molecule has 0 N–H and O–H groups in total. The van der Waals surface area contributed by atoms with Crippen LogP contribution in [0.2, 0.25) is 0 Å². The first kappa shape index (κ1) is 13.3. The lowest BCUT2D eigenvalue weighted by atomic mass is 10.2. The highest BCUT2D eigenvalue weighted by Crippen LogP contribution is 1.95. The Morgan fingerprint density at radius 2 is 2.00 bits per heavy atom. The van der Waals surface area contributed by atoms with Crippen molar-refractivity contribution >= 4 is 0 Å². The van der Waals surface area contributed by atoms with Crippen molar-refractivity contribution in [2.75, 3.05) is 20.1 Å². The van der Waals surface area contributed by atoms with Gasteiger partial charge >= 0.3 is 0 Å². The van der Waals surface area contributed by atoms with Crippen LogP contribution in [0.1, 0.15) is 33.6 Å². The number of likely N-dealkylation sites (N-methyl/N-ethyl adjacent to an activating group) is 1. The van der Waals surface area contributed by atoms with E-state index in [2.05, 4.69) is 25.5 Å². The molecule has 0 saturated heterocycles. The van der Waals surface area contributed by atoms with Gasteiger partial charge in [0.15, 0.2) is 0 Å². The zero-order chi connectivity index (χ0) is 7.82. The highest BCUT2D eigenvalue weighted by molar-refractivity contribution is 4.70. The summed E-state index contributed by atoms with van der Waals surface area (Å²) in [5, 5.41) is 0. The van der Waals surface area contributed by atoms with Crippen LogP contribution in [0.15, 0.2) is 12.7 Å². The quantitative estimate of drug-likeness (QED) is 0.423. The number of rotatable bonds is 6. The summed E-state index contributed by atoms with van der Waals surface area (Å²) >= 11 is 0. The van der Waals surface area contributed by atoms with Crippen LogP contribution >= 0.6 is 0 Å². The molecule has 0 unspecified atom stereocenters. The molecule has 0 aromatic rings. The lowest BCUT2D eigenvalue weighted by Gasteiger charge is -2.12. The SMILES string of the molecule is C.C=CCN(C)CCCCC. The van der Waals surface area contributed by atoms with Crippen molar-refractivity contribution in [3.8, 4) is 0 Å². The molecule has 1 nitrogen and oxygen atoms in total. The minimum absolute atomic E-state index is 0. The summed E-state index contributed by atoms with van der Waals surface area (Å²) in [4.78, 5) is 2.29. The Balaban J connectivity index is 0. The third-order valence-electron chi connectivity index (χ3n) is 1.58. The maximum Gasteiger partial charge on any atom is 0.0157 e. The van der Waals surface area contributed by atoms with Gasteiger partial charge in [-0.05, 0) is 20.0 Å². The first-order valence-electron chi connectivity index (χ1n) is 4.10. The fraction of sp³-hybridized carbons (Fsp3) is 0.800. The summed E-state index contributed by atoms with van der Waals surface area (Å²) in [7, 11) is 2.14. The molecule has 0 heterocycles. The van der Waals surface area contributed by atoms with Crippen LogP contribution in [0.4, 0.5) is 0 Å². The van der Waals surface area contributed by atoms with Crippen molar-refractivity contribution in [2.24, 2.45) is 0 Å². The molecular formula is C10H23N. The third-order valence-corrected chi connectivity index (χ3v) is 1.58. The minimum Gasteiger partial charge on any atom is -0.303 e. The Morgan fingerprint density at radius 3 is 2.45 bits per heavy atom. The molecular weight excluding hydrogens is 134 g/mol. The van der Waals surface area contributed by atoms with Crippen LogP contribution in [0.3, 0.4) is 0 Å². The van der Waals surface area contributed by atoms with E-state index in [4.69, 9.17) is 0 Å². The van der Waals surface area contributed by atoms with Crippen LogP contribution in [-0.4, -0.2) is 25.0 Å². The Bertz CT molecular complexity index is 78.9. The largest absolute Gasteiger partial charge is 0.303 e. The van der Waals surface area contributed by atoms with Crippen LogP contribution < -0.4 is 0 Å². The zero-order valence-electron chi connectivity index (χ0n) is 7.27. The van der Waals surface area contributed by atoms with Crippen LogP contribution in [0.5, 0.6) is 0 Å². The standard InChI is InChI=1S/C9H19N.CH4/c1-4-6-7-9-10(3)8-5-2;/h5H,2,4,6-9H2,1,3H3;1H4. The molecule has 1 heteroatoms. The third kappa shape index (κ3) is 9.70. The predicted octanol–water partition coefficient (Wildman–Crippen LogP) is 2.93. The van der Waals surface area contributed by atoms with Crippen molar-refractivity contribution < 1.29 is 0 Å². The zero-order valence-corrected chi connectivity index (χ0v) is 7.27. The molecule has 0 fully saturated rings. The van der Waals surface area contributed by atoms with Gasteiger partial charge in [0.25, 0.3) is 0 Å². The lowest BCUT2D eigenvalue weighted by molar-refractivity contribution is 0.359. The summed E-state index contributed by atoms with van der Waals surface area (Å²) < 4.78 is 0. The number of nitrogens with zero attached hydrogens (tertiary/aromatic N) is 1. The normalized spacial score (nSPS) is 9.36. The first-order chi connectivity index (χ1) is 4.81. The van der Waals surface area contributed by atoms with Gasteiger partial charge in [-0.25, -0.2) is 0 Å². The molecule has 0 aromatic heterocycles. The second-order valence-electron chi connectivity index (χ2n) is 2.76. The molecule has 0 atom stereocenters. The molecule has 0 aliphatic rings. The minimum atomic E-state index is 0. The van der Waals surface area contributed by atoms with E-state index < -0.39 is 0 Å². The average molecular weight is 157 g/mol. The summed E-state index contributed by atoms with van der Waals surface area (Å²) in [6, 6.07) is 0. The van der Waals surface area contributed by atoms with Gasteiger partial charge in [0, 0.05) is 6.54 Å². The summed E-state index contributed by atoms with van der Waals surface area (Å²) in [6.45, 7) is 8.14. The van der Waals surface area contributed by atoms with E-state index in [9.17, 15) is 0 Å². The molecule has 11 heavy (non-hydrogen) atoms. The molecule has 0 saturated carbocycles. The maximum absolute atomic E-state index is 3.69. The van der Waals surface area contributed by atoms with Crippen molar-refractivity contribution in [3.63, 3.8) is 0 Å². The Morgan fingerprint density at radius 1 is 1.36 bits per heavy atom. The molecule has 0 radical (unpaired) electrons. The Hall–Kier alpha value is -0.300. The lowest BCUT2D eigenvalue weighted by Crippen LogP contribution is -2.19. The smallest absolute Gasteiger partial charge is 0.0157 e. The second kappa shape index (κ2) is 9.70. The van der Waals surface area contributed by atoms with Gasteiger partial charge in [-0.2, -0.15) is 0 Å². The molecule has 0 aliphatic carbocycles. The first-order valence-corrected chi connectivity index (χ1v) is 4.10. The van der Waals surface area contributed by atoms with Gasteiger partial charge in [-0.3, -0.25) is 0 Å². The van der Waals surface area contributed by atoms with Gasteiger partial charge in [-0.1, -0.05) is 33.3 Å². The molecule has 68 valence electrons. The van der Waals surface area contributed by atoms with E-state index in [0.29, 0.717) is 0 Å². The molecule has 0 rings (SSSR count). The Labute approximate surface area is 72.1 Å². The number of hydrogen-bond donors (Lipinski definition) is 0. The summed E-state index contributed by atoms with van der Waals surface area (Å²) in [6.07, 6.45) is 5.93. The monoisotopic (exact) mass is 157 g/mol. The van der Waals surface area contributed by atoms with Gasteiger partial charge in [0.2, 0.25) is 0 Å². The van der Waals surface area contributed by atoms with E-state index >= 15 is 0 Å². The van der Waals surface area contributed by atoms with Crippen molar-refractivity contribution in [2.45, 2.75) is 33.6 Å². The van der Waals surface area contributed by atoms with Crippen LogP contribution in [0, 0.1) is 0 Å². The number of unbranched alkanes of at least 4 members (excludes halogenated alkanes) is 2. The van der Waals surface area contributed by atoms with E-state index in [1.54, 1.807) is 0 Å². The van der Waals surface area contributed by atoms with Crippen LogP contribution in [0.25, 0.3) is 0 Å². The Kier molecular flexibility index (Phi) is 11.7. The molecule has 0 bridgehead atoms. The van der Waals surface area contributed by atoms with Gasteiger partial charge in [0.05, 0.1) is 0 Å². The average Bonchev–Trinajstić information content (AvgIpc) is 1.89. The highest BCUT2D eigenvalue weighted by Gasteiger charge is 1.92. The molecule has 0 aromatic carbocycles. The topological polar surface area (TPSA) is 3.24 Å². The number of hydrogen-bond acceptors (Lipinski definition) is 1. The van der Waals surface area contributed by atoms with Crippen LogP contribution in [-0.2, 0) is 0 Å². The maximum atomic E-state index is 3.69. The molecule has 0 amide bonds. The van der Waals surface area contributed by atoms with Gasteiger partial charge in [-0.15, -0.1) is 6.58 Å². The van der Waals surface area contributed by atoms with Gasteiger partial charge in [0.1, 0.15) is 0 Å². The fourth-order valence-corrected chi connectivity index (χ4v) is 0.943. The summed E-state index contributed by atoms with van der Waals surface area (Å²) in [5.74, 6) is 0. The highest BCUT2D eigenvalue weighted by atomic mass is 15.1. The van der Waals surface area contributed by atoms with E-state index in [1.165, 1.54) is 25.8 Å². The van der Waals surface area contributed by atoms with Crippen molar-refractivity contribution in [1.82, 2.24) is 4.90 Å². The van der Waals surface area contributed by atoms with Gasteiger partial charge < -0.3 is 4.90 Å². The second-order valence-corrected chi connectivity index (χ2v) is 2.76. The predicted molar refractivity (Wildman–Crippen MR) is 54.0 cm³/mol. The molecule has 0 aliphatic heterocycles. The van der Waals surface area contributed by atoms with Crippen molar-refractivity contribution in [1.29, 1.82) is 0 Å². The van der Waals surface area contributed by atoms with E-state index in [1.807, 2.05) is 6.08 Å². The fourth-order valence-electron chi connectivity index (χ4n) is 0.943. The molecule has 0 spiro atoms. The van der Waals surface area contributed by atoms with Crippen molar-refractivity contribution in [3.05, 3.63) is 12.7 Å². The van der Waals surface area contributed by atoms with E-state index in [0.717, 1.165) is 6.54 Å².